The van der Waals surface area contributed by atoms with Gasteiger partial charge >= 0.3 is 0 Å². The van der Waals surface area contributed by atoms with Crippen molar-refractivity contribution in [2.24, 2.45) is 5.92 Å². The first kappa shape index (κ1) is 14.8. The summed E-state index contributed by atoms with van der Waals surface area (Å²) >= 11 is 0. The van der Waals surface area contributed by atoms with Gasteiger partial charge in [-0.2, -0.15) is 0 Å². The van der Waals surface area contributed by atoms with Crippen LogP contribution < -0.4 is 0 Å². The van der Waals surface area contributed by atoms with E-state index in [9.17, 15) is 9.90 Å². The van der Waals surface area contributed by atoms with Crippen LogP contribution in [-0.2, 0) is 4.79 Å². The van der Waals surface area contributed by atoms with Crippen molar-refractivity contribution in [2.75, 3.05) is 6.54 Å². The van der Waals surface area contributed by atoms with Gasteiger partial charge in [-0.25, -0.2) is 0 Å². The predicted octanol–water partition coefficient (Wildman–Crippen LogP) is 3.11. The molecule has 1 saturated carbocycles. The maximum absolute atomic E-state index is 12.4. The van der Waals surface area contributed by atoms with Gasteiger partial charge in [0, 0.05) is 13.0 Å². The molecular weight excluding hydrogens is 238 g/mol. The van der Waals surface area contributed by atoms with Gasteiger partial charge in [0.15, 0.2) is 0 Å². The van der Waals surface area contributed by atoms with Gasteiger partial charge in [0.1, 0.15) is 0 Å². The van der Waals surface area contributed by atoms with Gasteiger partial charge in [0.2, 0.25) is 5.91 Å². The van der Waals surface area contributed by atoms with E-state index < -0.39 is 0 Å². The second-order valence-corrected chi connectivity index (χ2v) is 6.90. The number of rotatable bonds is 3. The van der Waals surface area contributed by atoms with Crippen molar-refractivity contribution >= 4 is 5.91 Å². The number of piperidine rings is 1. The number of carbonyl (C=O) groups excluding carboxylic acids is 1. The predicted molar refractivity (Wildman–Crippen MR) is 76.8 cm³/mol. The highest BCUT2D eigenvalue weighted by Crippen LogP contribution is 2.31. The topological polar surface area (TPSA) is 40.5 Å². The van der Waals surface area contributed by atoms with Gasteiger partial charge in [0.05, 0.1) is 11.6 Å². The largest absolute Gasteiger partial charge is 0.391 e. The van der Waals surface area contributed by atoms with Crippen LogP contribution in [0.25, 0.3) is 0 Å². The van der Waals surface area contributed by atoms with Gasteiger partial charge < -0.3 is 10.0 Å². The summed E-state index contributed by atoms with van der Waals surface area (Å²) in [5, 5.41) is 10.1. The molecular formula is C16H29NO2. The van der Waals surface area contributed by atoms with E-state index in [0.717, 1.165) is 31.7 Å². The van der Waals surface area contributed by atoms with Crippen LogP contribution >= 0.6 is 0 Å². The number of amides is 1. The third kappa shape index (κ3) is 3.50. The molecule has 1 saturated heterocycles. The Kier molecular flexibility index (Phi) is 4.88. The second kappa shape index (κ2) is 6.25. The normalized spacial score (nSPS) is 28.4. The molecule has 110 valence electrons. The van der Waals surface area contributed by atoms with Gasteiger partial charge in [-0.3, -0.25) is 4.79 Å². The van der Waals surface area contributed by atoms with Crippen LogP contribution in [0.15, 0.2) is 0 Å². The molecule has 1 heterocycles. The van der Waals surface area contributed by atoms with E-state index in [0.29, 0.717) is 6.42 Å². The van der Waals surface area contributed by atoms with Crippen molar-refractivity contribution in [3.8, 4) is 0 Å². The zero-order chi connectivity index (χ0) is 13.9. The molecule has 2 aliphatic rings. The van der Waals surface area contributed by atoms with Crippen LogP contribution in [0.1, 0.15) is 71.6 Å². The van der Waals surface area contributed by atoms with E-state index in [2.05, 4.69) is 0 Å². The first-order valence-electron chi connectivity index (χ1n) is 8.00. The van der Waals surface area contributed by atoms with Crippen molar-refractivity contribution in [3.63, 3.8) is 0 Å². The van der Waals surface area contributed by atoms with Crippen LogP contribution in [0.4, 0.5) is 0 Å². The molecule has 1 aliphatic carbocycles. The number of likely N-dealkylation sites (tertiary alicyclic amines) is 1. The molecule has 1 N–H and O–H groups in total. The fraction of sp³-hybridized carbons (Fsp3) is 0.938. The number of carbonyl (C=O) groups is 1. The Morgan fingerprint density at radius 2 is 1.84 bits per heavy atom. The average Bonchev–Trinajstić information content (AvgIpc) is 2.40. The monoisotopic (exact) mass is 267 g/mol. The fourth-order valence-electron chi connectivity index (χ4n) is 3.65. The fourth-order valence-corrected chi connectivity index (χ4v) is 3.65. The molecule has 2 fully saturated rings. The minimum atomic E-state index is -0.387. The van der Waals surface area contributed by atoms with Gasteiger partial charge in [-0.05, 0) is 39.0 Å². The first-order chi connectivity index (χ1) is 9.01. The maximum Gasteiger partial charge on any atom is 0.223 e. The van der Waals surface area contributed by atoms with Crippen LogP contribution in [0.2, 0.25) is 0 Å². The van der Waals surface area contributed by atoms with Gasteiger partial charge in [0.25, 0.3) is 0 Å². The summed E-state index contributed by atoms with van der Waals surface area (Å²) in [6.07, 6.45) is 9.75. The molecule has 3 heteroatoms. The lowest BCUT2D eigenvalue weighted by Crippen LogP contribution is -2.58. The molecule has 1 aliphatic heterocycles. The number of nitrogens with zero attached hydrogens (tertiary/aromatic N) is 1. The molecule has 0 aromatic heterocycles. The van der Waals surface area contributed by atoms with Crippen molar-refractivity contribution < 1.29 is 9.90 Å². The highest BCUT2D eigenvalue weighted by Gasteiger charge is 2.39. The Morgan fingerprint density at radius 1 is 1.16 bits per heavy atom. The zero-order valence-electron chi connectivity index (χ0n) is 12.5. The van der Waals surface area contributed by atoms with E-state index in [1.807, 2.05) is 18.7 Å². The summed E-state index contributed by atoms with van der Waals surface area (Å²) in [6, 6.07) is 0. The van der Waals surface area contributed by atoms with E-state index in [1.165, 1.54) is 32.1 Å². The van der Waals surface area contributed by atoms with Gasteiger partial charge in [-0.15, -0.1) is 0 Å². The molecule has 1 unspecified atom stereocenters. The highest BCUT2D eigenvalue weighted by molar-refractivity contribution is 5.77. The summed E-state index contributed by atoms with van der Waals surface area (Å²) < 4.78 is 0. The minimum Gasteiger partial charge on any atom is -0.391 e. The highest BCUT2D eigenvalue weighted by atomic mass is 16.3. The van der Waals surface area contributed by atoms with Gasteiger partial charge in [-0.1, -0.05) is 32.1 Å². The Labute approximate surface area is 117 Å². The summed E-state index contributed by atoms with van der Waals surface area (Å²) in [5.74, 6) is 1.00. The number of hydrogen-bond donors (Lipinski definition) is 1. The molecule has 0 aromatic rings. The molecule has 1 atom stereocenters. The van der Waals surface area contributed by atoms with E-state index in [4.69, 9.17) is 0 Å². The third-order valence-electron chi connectivity index (χ3n) is 5.16. The molecule has 0 aromatic carbocycles. The molecule has 3 nitrogen and oxygen atoms in total. The Hall–Kier alpha value is -0.570. The SMILES string of the molecule is CC1(C)C(O)CCCN1C(=O)CCC1CCCCC1. The van der Waals surface area contributed by atoms with E-state index in [-0.39, 0.29) is 17.6 Å². The van der Waals surface area contributed by atoms with Crippen LogP contribution in [0, 0.1) is 5.92 Å². The lowest BCUT2D eigenvalue weighted by molar-refractivity contribution is -0.145. The van der Waals surface area contributed by atoms with Crippen LogP contribution in [0.3, 0.4) is 0 Å². The van der Waals surface area contributed by atoms with Crippen molar-refractivity contribution in [2.45, 2.75) is 83.3 Å². The quantitative estimate of drug-likeness (QED) is 0.853. The molecule has 1 amide bonds. The lowest BCUT2D eigenvalue weighted by Gasteiger charge is -2.46. The summed E-state index contributed by atoms with van der Waals surface area (Å²) in [5.41, 5.74) is -0.387. The molecule has 0 bridgehead atoms. The first-order valence-corrected chi connectivity index (χ1v) is 8.00. The van der Waals surface area contributed by atoms with Crippen LogP contribution in [0.5, 0.6) is 0 Å². The maximum atomic E-state index is 12.4. The number of hydrogen-bond acceptors (Lipinski definition) is 2. The Bertz CT molecular complexity index is 308. The van der Waals surface area contributed by atoms with Crippen molar-refractivity contribution in [3.05, 3.63) is 0 Å². The minimum absolute atomic E-state index is 0.245. The van der Waals surface area contributed by atoms with E-state index in [1.54, 1.807) is 0 Å². The second-order valence-electron chi connectivity index (χ2n) is 6.90. The third-order valence-corrected chi connectivity index (χ3v) is 5.16. The van der Waals surface area contributed by atoms with Crippen molar-refractivity contribution in [1.29, 1.82) is 0 Å². The average molecular weight is 267 g/mol. The smallest absolute Gasteiger partial charge is 0.223 e. The molecule has 0 radical (unpaired) electrons. The number of aliphatic hydroxyl groups is 1. The Morgan fingerprint density at radius 3 is 2.53 bits per heavy atom. The summed E-state index contributed by atoms with van der Waals surface area (Å²) in [6.45, 7) is 4.80. The van der Waals surface area contributed by atoms with Crippen molar-refractivity contribution in [1.82, 2.24) is 4.90 Å². The Balaban J connectivity index is 1.84. The summed E-state index contributed by atoms with van der Waals surface area (Å²) in [7, 11) is 0. The molecule has 2 rings (SSSR count). The van der Waals surface area contributed by atoms with E-state index >= 15 is 0 Å². The zero-order valence-corrected chi connectivity index (χ0v) is 12.5. The molecule has 0 spiro atoms. The molecule has 19 heavy (non-hydrogen) atoms. The summed E-state index contributed by atoms with van der Waals surface area (Å²) in [4.78, 5) is 14.3. The van der Waals surface area contributed by atoms with Crippen LogP contribution in [-0.4, -0.2) is 34.1 Å². The lowest BCUT2D eigenvalue weighted by atomic mass is 9.84. The standard InChI is InChI=1S/C16H29NO2/c1-16(2)14(18)9-6-12-17(16)15(19)11-10-13-7-4-3-5-8-13/h13-14,18H,3-12H2,1-2H3. The number of aliphatic hydroxyl groups excluding tert-OH is 1.